The van der Waals surface area contributed by atoms with Crippen LogP contribution in [0.2, 0.25) is 0 Å². The summed E-state index contributed by atoms with van der Waals surface area (Å²) in [6, 6.07) is 6.27. The largest absolute Gasteiger partial charge is 0.493 e. The number of aromatic nitrogens is 1. The third-order valence-electron chi connectivity index (χ3n) is 7.25. The summed E-state index contributed by atoms with van der Waals surface area (Å²) < 4.78 is 42.2. The fourth-order valence-corrected chi connectivity index (χ4v) is 5.22. The molecule has 0 bridgehead atoms. The lowest BCUT2D eigenvalue weighted by atomic mass is 9.89. The number of fused-ring (bicyclic) bond motifs is 1. The molecule has 1 amide bonds. The van der Waals surface area contributed by atoms with Crippen LogP contribution >= 0.6 is 0 Å². The second-order valence-electron chi connectivity index (χ2n) is 10.6. The molecule has 2 heterocycles. The van der Waals surface area contributed by atoms with Gasteiger partial charge in [-0.3, -0.25) is 9.59 Å². The number of methoxy groups -OCH3 is 1. The van der Waals surface area contributed by atoms with Crippen molar-refractivity contribution >= 4 is 17.6 Å². The second kappa shape index (κ2) is 12.1. The Kier molecular flexibility index (Phi) is 8.80. The molecule has 2 N–H and O–H groups in total. The number of ether oxygens (including phenoxy) is 2. The highest BCUT2D eigenvalue weighted by molar-refractivity contribution is 5.97. The first kappa shape index (κ1) is 29.8. The lowest BCUT2D eigenvalue weighted by Crippen LogP contribution is -2.43. The molecule has 0 spiro atoms. The van der Waals surface area contributed by atoms with Crippen LogP contribution in [0.3, 0.4) is 0 Å². The van der Waals surface area contributed by atoms with Gasteiger partial charge in [-0.05, 0) is 75.4 Å². The summed E-state index contributed by atoms with van der Waals surface area (Å²) in [4.78, 5) is 39.0. The Bertz CT molecular complexity index is 1540. The molecule has 3 aromatic rings. The van der Waals surface area contributed by atoms with Gasteiger partial charge in [-0.15, -0.1) is 0 Å². The van der Waals surface area contributed by atoms with Crippen LogP contribution in [0.1, 0.15) is 53.0 Å². The molecule has 10 heteroatoms. The maximum Gasteiger partial charge on any atom is 0.328 e. The molecule has 1 aliphatic heterocycles. The number of rotatable bonds is 8. The van der Waals surface area contributed by atoms with Crippen LogP contribution in [-0.4, -0.2) is 42.2 Å². The zero-order valence-electron chi connectivity index (χ0n) is 24.1. The fraction of sp³-hybridized carbons (Fsp3) is 0.387. The molecule has 4 rings (SSSR count). The summed E-state index contributed by atoms with van der Waals surface area (Å²) in [7, 11) is 2.89. The number of pyridine rings is 1. The van der Waals surface area contributed by atoms with Crippen molar-refractivity contribution in [1.82, 2.24) is 9.88 Å². The Morgan fingerprint density at radius 2 is 1.80 bits per heavy atom. The van der Waals surface area contributed by atoms with Crippen molar-refractivity contribution in [3.8, 4) is 16.9 Å². The molecule has 0 saturated heterocycles. The monoisotopic (exact) mass is 567 g/mol. The minimum atomic E-state index is -1.23. The van der Waals surface area contributed by atoms with Gasteiger partial charge in [0.05, 0.1) is 19.3 Å². The SMILES string of the molecule is COC(=O)[C@H](Cc1ccc(-c2c(C)cc(C)n(C)c2=O)c2c1CCCO2)NC(=O)c1c(F)cc(NC(C)C)cc1F. The lowest BCUT2D eigenvalue weighted by molar-refractivity contribution is -0.142. The van der Waals surface area contributed by atoms with Gasteiger partial charge < -0.3 is 24.7 Å². The number of carbonyl (C=O) groups is 2. The molecule has 0 saturated carbocycles. The maximum atomic E-state index is 14.8. The molecule has 1 aromatic heterocycles. The molecule has 0 aliphatic carbocycles. The van der Waals surface area contributed by atoms with Crippen molar-refractivity contribution in [3.05, 3.63) is 80.3 Å². The van der Waals surface area contributed by atoms with E-state index in [1.54, 1.807) is 23.7 Å². The van der Waals surface area contributed by atoms with Crippen molar-refractivity contribution in [2.75, 3.05) is 19.0 Å². The number of benzene rings is 2. The van der Waals surface area contributed by atoms with Crippen LogP contribution in [-0.2, 0) is 29.4 Å². The molecule has 41 heavy (non-hydrogen) atoms. The molecule has 2 aromatic carbocycles. The fourth-order valence-electron chi connectivity index (χ4n) is 5.22. The number of halogens is 2. The molecule has 0 fully saturated rings. The van der Waals surface area contributed by atoms with Crippen LogP contribution in [0.25, 0.3) is 11.1 Å². The smallest absolute Gasteiger partial charge is 0.328 e. The Balaban J connectivity index is 1.69. The predicted molar refractivity (Wildman–Crippen MR) is 152 cm³/mol. The minimum absolute atomic E-state index is 0.00843. The number of nitrogens with one attached hydrogen (secondary N) is 2. The average molecular weight is 568 g/mol. The van der Waals surface area contributed by atoms with Gasteiger partial charge in [0.2, 0.25) is 0 Å². The van der Waals surface area contributed by atoms with Crippen LogP contribution in [0.15, 0.2) is 35.1 Å². The van der Waals surface area contributed by atoms with Gasteiger partial charge in [-0.25, -0.2) is 13.6 Å². The first-order chi connectivity index (χ1) is 19.4. The van der Waals surface area contributed by atoms with E-state index in [-0.39, 0.29) is 23.7 Å². The molecule has 8 nitrogen and oxygen atoms in total. The molecule has 0 radical (unpaired) electrons. The number of anilines is 1. The number of nitrogens with zero attached hydrogens (tertiary/aromatic N) is 1. The topological polar surface area (TPSA) is 98.7 Å². The van der Waals surface area contributed by atoms with E-state index < -0.39 is 35.1 Å². The lowest BCUT2D eigenvalue weighted by Gasteiger charge is -2.26. The summed E-state index contributed by atoms with van der Waals surface area (Å²) in [6.45, 7) is 7.83. The Morgan fingerprint density at radius 1 is 1.12 bits per heavy atom. The van der Waals surface area contributed by atoms with E-state index in [9.17, 15) is 23.2 Å². The van der Waals surface area contributed by atoms with Crippen molar-refractivity contribution in [1.29, 1.82) is 0 Å². The van der Waals surface area contributed by atoms with Gasteiger partial charge in [0.1, 0.15) is 29.0 Å². The van der Waals surface area contributed by atoms with Crippen molar-refractivity contribution in [3.63, 3.8) is 0 Å². The molecule has 1 atom stereocenters. The van der Waals surface area contributed by atoms with E-state index in [1.807, 2.05) is 33.8 Å². The number of amides is 1. The molecular formula is C31H35F2N3O5. The van der Waals surface area contributed by atoms with Gasteiger partial charge in [-0.1, -0.05) is 12.1 Å². The van der Waals surface area contributed by atoms with E-state index in [2.05, 4.69) is 10.6 Å². The van der Waals surface area contributed by atoms with Crippen molar-refractivity contribution < 1.29 is 27.8 Å². The third kappa shape index (κ3) is 6.11. The standard InChI is InChI=1S/C31H35F2N3O5/c1-16(2)34-20-14-23(32)27(24(33)15-20)29(37)35-25(31(39)40-6)13-19-9-10-22(28-21(19)8-7-11-41-28)26-17(3)12-18(4)36(5)30(26)38/h9-10,12,14-16,25,34H,7-8,11,13H2,1-6H3,(H,35,37)/t25-/m0/s1. The molecule has 218 valence electrons. The third-order valence-corrected chi connectivity index (χ3v) is 7.25. The highest BCUT2D eigenvalue weighted by Gasteiger charge is 2.29. The van der Waals surface area contributed by atoms with E-state index in [4.69, 9.17) is 9.47 Å². The van der Waals surface area contributed by atoms with E-state index in [0.717, 1.165) is 35.4 Å². The first-order valence-corrected chi connectivity index (χ1v) is 13.5. The maximum absolute atomic E-state index is 14.8. The van der Waals surface area contributed by atoms with E-state index in [1.165, 1.54) is 7.11 Å². The first-order valence-electron chi connectivity index (χ1n) is 13.5. The summed E-state index contributed by atoms with van der Waals surface area (Å²) in [5.74, 6) is -3.40. The number of hydrogen-bond acceptors (Lipinski definition) is 6. The number of esters is 1. The van der Waals surface area contributed by atoms with Crippen LogP contribution < -0.4 is 20.9 Å². The number of carbonyl (C=O) groups excluding carboxylic acids is 2. The van der Waals surface area contributed by atoms with Crippen molar-refractivity contribution in [2.45, 2.75) is 59.0 Å². The summed E-state index contributed by atoms with van der Waals surface area (Å²) >= 11 is 0. The zero-order valence-corrected chi connectivity index (χ0v) is 24.1. The highest BCUT2D eigenvalue weighted by atomic mass is 19.1. The van der Waals surface area contributed by atoms with Gasteiger partial charge in [0.25, 0.3) is 11.5 Å². The summed E-state index contributed by atoms with van der Waals surface area (Å²) in [5, 5.41) is 5.34. The van der Waals surface area contributed by atoms with Crippen molar-refractivity contribution in [2.24, 2.45) is 7.05 Å². The van der Waals surface area contributed by atoms with Gasteiger partial charge in [0, 0.05) is 36.5 Å². The van der Waals surface area contributed by atoms with Gasteiger partial charge in [0.15, 0.2) is 0 Å². The van der Waals surface area contributed by atoms with E-state index in [0.29, 0.717) is 35.5 Å². The van der Waals surface area contributed by atoms with Crippen LogP contribution in [0.5, 0.6) is 5.75 Å². The average Bonchev–Trinajstić information content (AvgIpc) is 2.91. The highest BCUT2D eigenvalue weighted by Crippen LogP contribution is 2.39. The normalized spacial score (nSPS) is 13.3. The van der Waals surface area contributed by atoms with Gasteiger partial charge in [-0.2, -0.15) is 0 Å². The zero-order chi connectivity index (χ0) is 30.0. The quantitative estimate of drug-likeness (QED) is 0.386. The molecular weight excluding hydrogens is 532 g/mol. The van der Waals surface area contributed by atoms with Crippen LogP contribution in [0, 0.1) is 25.5 Å². The minimum Gasteiger partial charge on any atom is -0.493 e. The summed E-state index contributed by atoms with van der Waals surface area (Å²) in [5.41, 5.74) is 3.58. The Labute approximate surface area is 237 Å². The summed E-state index contributed by atoms with van der Waals surface area (Å²) in [6.07, 6.45) is 1.33. The Morgan fingerprint density at radius 3 is 2.44 bits per heavy atom. The Hall–Kier alpha value is -4.21. The van der Waals surface area contributed by atoms with Gasteiger partial charge >= 0.3 is 5.97 Å². The second-order valence-corrected chi connectivity index (χ2v) is 10.6. The molecule has 0 unspecified atom stereocenters. The molecule has 1 aliphatic rings. The van der Waals surface area contributed by atoms with Crippen LogP contribution in [0.4, 0.5) is 14.5 Å². The predicted octanol–water partition coefficient (Wildman–Crippen LogP) is 4.61. The van der Waals surface area contributed by atoms with E-state index >= 15 is 0 Å². The number of aryl methyl sites for hydroxylation is 2. The number of hydrogen-bond donors (Lipinski definition) is 2.